The van der Waals surface area contributed by atoms with Gasteiger partial charge in [0.15, 0.2) is 6.07 Å². The van der Waals surface area contributed by atoms with Crippen molar-refractivity contribution in [1.29, 1.82) is 0 Å². The Morgan fingerprint density at radius 3 is 2.14 bits per heavy atom. The van der Waals surface area contributed by atoms with Crippen LogP contribution in [0.1, 0.15) is 46.6 Å². The van der Waals surface area contributed by atoms with Gasteiger partial charge in [-0.05, 0) is 31.7 Å². The number of carbonyl (C=O) groups excluding carboxylic acids is 3. The minimum absolute atomic E-state index is 0.0544. The van der Waals surface area contributed by atoms with E-state index in [9.17, 15) is 14.4 Å². The predicted octanol–water partition coefficient (Wildman–Crippen LogP) is 4.12. The van der Waals surface area contributed by atoms with Crippen molar-refractivity contribution in [1.82, 2.24) is 4.90 Å². The summed E-state index contributed by atoms with van der Waals surface area (Å²) in [7, 11) is 0. The molecule has 0 atom stereocenters. The molecule has 0 aliphatic rings. The molecule has 0 aromatic heterocycles. The van der Waals surface area contributed by atoms with Crippen molar-refractivity contribution in [3.8, 4) is 0 Å². The summed E-state index contributed by atoms with van der Waals surface area (Å²) in [5.74, 6) is -0.978. The lowest BCUT2D eigenvalue weighted by molar-refractivity contribution is -0.156. The summed E-state index contributed by atoms with van der Waals surface area (Å²) in [6.07, 6.45) is -0.699. The third-order valence-corrected chi connectivity index (χ3v) is 3.77. The van der Waals surface area contributed by atoms with Gasteiger partial charge in [0, 0.05) is 6.54 Å². The maximum atomic E-state index is 12.2. The topological polar surface area (TPSA) is 82.1 Å². The predicted molar refractivity (Wildman–Crippen MR) is 109 cm³/mol. The first-order chi connectivity index (χ1) is 13.4. The molecule has 0 radical (unpaired) electrons. The molecule has 1 amide bonds. The largest absolute Gasteiger partial charge is 0.461 e. The molecule has 162 valence electrons. The van der Waals surface area contributed by atoms with Crippen molar-refractivity contribution < 1.29 is 28.6 Å². The molecule has 0 saturated heterocycles. The molecule has 29 heavy (non-hydrogen) atoms. The van der Waals surface area contributed by atoms with Crippen LogP contribution in [0.3, 0.4) is 0 Å². The van der Waals surface area contributed by atoms with Gasteiger partial charge in [-0.25, -0.2) is 4.79 Å². The molecule has 0 bridgehead atoms. The SMILES string of the molecule is CC(C)(CC(=O)OCc1ccccc1)CN(CC(=O)OC(C)(C)C)C(=O)OCCl. The summed E-state index contributed by atoms with van der Waals surface area (Å²) < 4.78 is 15.4. The number of rotatable bonds is 9. The van der Waals surface area contributed by atoms with Gasteiger partial charge in [-0.1, -0.05) is 55.8 Å². The van der Waals surface area contributed by atoms with Crippen LogP contribution in [0, 0.1) is 5.41 Å². The van der Waals surface area contributed by atoms with E-state index in [1.165, 1.54) is 4.90 Å². The zero-order valence-electron chi connectivity index (χ0n) is 17.7. The first-order valence-corrected chi connectivity index (χ1v) is 9.84. The molecule has 0 N–H and O–H groups in total. The lowest BCUT2D eigenvalue weighted by Gasteiger charge is -2.31. The number of amides is 1. The standard InChI is InChI=1S/C21H30ClNO6/c1-20(2,3)29-18(25)12-23(19(26)28-15-22)14-21(4,5)11-17(24)27-13-16-9-7-6-8-10-16/h6-10H,11-15H2,1-5H3. The van der Waals surface area contributed by atoms with E-state index in [-0.39, 0.29) is 32.2 Å². The van der Waals surface area contributed by atoms with Crippen LogP contribution in [0.5, 0.6) is 0 Å². The number of benzene rings is 1. The Hall–Kier alpha value is -2.28. The van der Waals surface area contributed by atoms with Gasteiger partial charge in [0.2, 0.25) is 0 Å². The Labute approximate surface area is 177 Å². The quantitative estimate of drug-likeness (QED) is 0.335. The Morgan fingerprint density at radius 2 is 1.59 bits per heavy atom. The molecule has 0 unspecified atom stereocenters. The number of esters is 2. The summed E-state index contributed by atoms with van der Waals surface area (Å²) in [5.41, 5.74) is -0.465. The van der Waals surface area contributed by atoms with Crippen LogP contribution in [0.4, 0.5) is 4.79 Å². The van der Waals surface area contributed by atoms with E-state index >= 15 is 0 Å². The first-order valence-electron chi connectivity index (χ1n) is 9.31. The molecule has 1 aromatic carbocycles. The van der Waals surface area contributed by atoms with Crippen LogP contribution in [-0.2, 0) is 30.4 Å². The second-order valence-electron chi connectivity index (χ2n) is 8.45. The number of alkyl halides is 1. The molecule has 0 saturated carbocycles. The summed E-state index contributed by atoms with van der Waals surface area (Å²) in [4.78, 5) is 37.8. The second kappa shape index (κ2) is 11.0. The zero-order chi connectivity index (χ0) is 22.1. The summed E-state index contributed by atoms with van der Waals surface area (Å²) in [6.45, 7) is 8.75. The fraction of sp³-hybridized carbons (Fsp3) is 0.571. The minimum atomic E-state index is -0.753. The van der Waals surface area contributed by atoms with Crippen LogP contribution in [0.2, 0.25) is 0 Å². The average Bonchev–Trinajstić information content (AvgIpc) is 2.58. The molecule has 0 aliphatic heterocycles. The normalized spacial score (nSPS) is 11.5. The first kappa shape index (κ1) is 24.8. The Balaban J connectivity index is 2.69. The van der Waals surface area contributed by atoms with E-state index < -0.39 is 29.0 Å². The van der Waals surface area contributed by atoms with Gasteiger partial charge in [0.25, 0.3) is 0 Å². The highest BCUT2D eigenvalue weighted by Crippen LogP contribution is 2.24. The zero-order valence-corrected chi connectivity index (χ0v) is 18.5. The third-order valence-electron chi connectivity index (χ3n) is 3.66. The number of hydrogen-bond acceptors (Lipinski definition) is 6. The molecule has 0 aliphatic carbocycles. The second-order valence-corrected chi connectivity index (χ2v) is 8.67. The molecular weight excluding hydrogens is 398 g/mol. The molecule has 1 rings (SSSR count). The summed E-state index contributed by atoms with van der Waals surface area (Å²) >= 11 is 5.48. The highest BCUT2D eigenvalue weighted by atomic mass is 35.5. The lowest BCUT2D eigenvalue weighted by atomic mass is 9.88. The smallest absolute Gasteiger partial charge is 0.411 e. The number of ether oxygens (including phenoxy) is 3. The van der Waals surface area contributed by atoms with Crippen LogP contribution >= 0.6 is 11.6 Å². The van der Waals surface area contributed by atoms with Crippen molar-refractivity contribution in [2.75, 3.05) is 19.2 Å². The van der Waals surface area contributed by atoms with Crippen LogP contribution in [0.25, 0.3) is 0 Å². The fourth-order valence-corrected chi connectivity index (χ4v) is 2.70. The van der Waals surface area contributed by atoms with Gasteiger partial charge in [-0.15, -0.1) is 0 Å². The number of hydrogen-bond donors (Lipinski definition) is 0. The Kier molecular flexibility index (Phi) is 9.43. The van der Waals surface area contributed by atoms with Crippen LogP contribution in [-0.4, -0.2) is 47.7 Å². The fourth-order valence-electron chi connectivity index (χ4n) is 2.60. The van der Waals surface area contributed by atoms with Gasteiger partial charge in [-0.2, -0.15) is 0 Å². The van der Waals surface area contributed by atoms with E-state index in [1.807, 2.05) is 30.3 Å². The van der Waals surface area contributed by atoms with Crippen molar-refractivity contribution in [3.63, 3.8) is 0 Å². The van der Waals surface area contributed by atoms with Gasteiger partial charge in [-0.3, -0.25) is 14.5 Å². The van der Waals surface area contributed by atoms with Gasteiger partial charge in [0.05, 0.1) is 6.42 Å². The van der Waals surface area contributed by atoms with Crippen molar-refractivity contribution >= 4 is 29.6 Å². The van der Waals surface area contributed by atoms with Crippen molar-refractivity contribution in [3.05, 3.63) is 35.9 Å². The van der Waals surface area contributed by atoms with Gasteiger partial charge in [0.1, 0.15) is 18.8 Å². The van der Waals surface area contributed by atoms with E-state index in [0.29, 0.717) is 0 Å². The van der Waals surface area contributed by atoms with Gasteiger partial charge >= 0.3 is 18.0 Å². The van der Waals surface area contributed by atoms with E-state index in [4.69, 9.17) is 25.8 Å². The summed E-state index contributed by atoms with van der Waals surface area (Å²) in [5, 5.41) is 0. The maximum Gasteiger partial charge on any atom is 0.411 e. The monoisotopic (exact) mass is 427 g/mol. The maximum absolute atomic E-state index is 12.2. The average molecular weight is 428 g/mol. The molecule has 7 nitrogen and oxygen atoms in total. The van der Waals surface area contributed by atoms with E-state index in [2.05, 4.69) is 0 Å². The highest BCUT2D eigenvalue weighted by Gasteiger charge is 2.31. The molecule has 0 heterocycles. The van der Waals surface area contributed by atoms with Crippen molar-refractivity contribution in [2.24, 2.45) is 5.41 Å². The van der Waals surface area contributed by atoms with E-state index in [1.54, 1.807) is 34.6 Å². The number of carbonyl (C=O) groups is 3. The lowest BCUT2D eigenvalue weighted by Crippen LogP contribution is -2.44. The Bertz CT molecular complexity index is 684. The van der Waals surface area contributed by atoms with Crippen LogP contribution in [0.15, 0.2) is 30.3 Å². The van der Waals surface area contributed by atoms with Gasteiger partial charge < -0.3 is 14.2 Å². The molecule has 8 heteroatoms. The molecular formula is C21H30ClNO6. The molecule has 0 fully saturated rings. The number of halogens is 1. The highest BCUT2D eigenvalue weighted by molar-refractivity contribution is 6.17. The molecule has 0 spiro atoms. The molecule has 1 aromatic rings. The van der Waals surface area contributed by atoms with E-state index in [0.717, 1.165) is 5.56 Å². The Morgan fingerprint density at radius 1 is 0.966 bits per heavy atom. The number of nitrogens with zero attached hydrogens (tertiary/aromatic N) is 1. The summed E-state index contributed by atoms with van der Waals surface area (Å²) in [6, 6.07) is 9.00. The third kappa shape index (κ3) is 10.7. The van der Waals surface area contributed by atoms with Crippen LogP contribution < -0.4 is 0 Å². The minimum Gasteiger partial charge on any atom is -0.461 e. The van der Waals surface area contributed by atoms with Crippen molar-refractivity contribution in [2.45, 2.75) is 53.2 Å².